The van der Waals surface area contributed by atoms with Gasteiger partial charge in [-0.25, -0.2) is 0 Å². The number of rotatable bonds is 2. The Hall–Kier alpha value is -1.55. The fourth-order valence-electron chi connectivity index (χ4n) is 1.52. The van der Waals surface area contributed by atoms with Crippen molar-refractivity contribution in [3.8, 4) is 5.75 Å². The third-order valence-corrected chi connectivity index (χ3v) is 2.15. The molecule has 0 spiro atoms. The monoisotopic (exact) mass is 193 g/mol. The lowest BCUT2D eigenvalue weighted by molar-refractivity contribution is -0.123. The third-order valence-electron chi connectivity index (χ3n) is 2.15. The van der Waals surface area contributed by atoms with E-state index in [0.717, 1.165) is 0 Å². The number of amides is 1. The van der Waals surface area contributed by atoms with Crippen LogP contribution in [0.5, 0.6) is 5.75 Å². The minimum atomic E-state index is -1.06. The molecule has 0 fully saturated rings. The molecule has 0 aromatic heterocycles. The Labute approximate surface area is 81.5 Å². The van der Waals surface area contributed by atoms with Crippen LogP contribution < -0.4 is 10.1 Å². The van der Waals surface area contributed by atoms with Gasteiger partial charge in [0.25, 0.3) is 5.91 Å². The maximum atomic E-state index is 11.2. The molecule has 1 aromatic rings. The summed E-state index contributed by atoms with van der Waals surface area (Å²) < 4.78 is 5.32. The van der Waals surface area contributed by atoms with E-state index in [0.29, 0.717) is 23.6 Å². The Morgan fingerprint density at radius 3 is 3.07 bits per heavy atom. The van der Waals surface area contributed by atoms with Gasteiger partial charge >= 0.3 is 0 Å². The highest BCUT2D eigenvalue weighted by atomic mass is 16.5. The minimum absolute atomic E-state index is 0.396. The van der Waals surface area contributed by atoms with E-state index in [4.69, 9.17) is 4.74 Å². The maximum Gasteiger partial charge on any atom is 0.258 e. The summed E-state index contributed by atoms with van der Waals surface area (Å²) >= 11 is 0. The number of aliphatic hydroxyl groups excluding tert-OH is 1. The molecule has 2 N–H and O–H groups in total. The largest absolute Gasteiger partial charge is 0.492 e. The van der Waals surface area contributed by atoms with Gasteiger partial charge in [-0.2, -0.15) is 0 Å². The van der Waals surface area contributed by atoms with Crippen molar-refractivity contribution in [1.29, 1.82) is 0 Å². The number of aliphatic hydroxyl groups is 1. The van der Waals surface area contributed by atoms with E-state index in [1.165, 1.54) is 0 Å². The van der Waals surface area contributed by atoms with Gasteiger partial charge in [-0.05, 0) is 13.0 Å². The Morgan fingerprint density at radius 1 is 1.57 bits per heavy atom. The molecule has 74 valence electrons. The predicted molar refractivity (Wildman–Crippen MR) is 51.2 cm³/mol. The van der Waals surface area contributed by atoms with E-state index < -0.39 is 12.0 Å². The first-order chi connectivity index (χ1) is 6.74. The molecular weight excluding hydrogens is 182 g/mol. The van der Waals surface area contributed by atoms with Crippen molar-refractivity contribution in [3.63, 3.8) is 0 Å². The highest BCUT2D eigenvalue weighted by Gasteiger charge is 2.30. The predicted octanol–water partition coefficient (Wildman–Crippen LogP) is 1.07. The second-order valence-corrected chi connectivity index (χ2v) is 3.05. The molecule has 4 nitrogen and oxygen atoms in total. The number of carbonyl (C=O) groups is 1. The number of carbonyl (C=O) groups excluding carboxylic acids is 1. The number of hydrogen-bond donors (Lipinski definition) is 2. The lowest BCUT2D eigenvalue weighted by Gasteiger charge is -2.07. The van der Waals surface area contributed by atoms with Crippen LogP contribution in [0, 0.1) is 0 Å². The molecule has 1 unspecified atom stereocenters. The first kappa shape index (κ1) is 9.02. The smallest absolute Gasteiger partial charge is 0.258 e. The van der Waals surface area contributed by atoms with Gasteiger partial charge in [-0.15, -0.1) is 0 Å². The van der Waals surface area contributed by atoms with Gasteiger partial charge in [-0.3, -0.25) is 4.79 Å². The van der Waals surface area contributed by atoms with Crippen molar-refractivity contribution >= 4 is 11.6 Å². The van der Waals surface area contributed by atoms with Gasteiger partial charge in [0.15, 0.2) is 6.10 Å². The Bertz CT molecular complexity index is 376. The zero-order valence-electron chi connectivity index (χ0n) is 7.78. The van der Waals surface area contributed by atoms with Gasteiger partial charge in [0, 0.05) is 5.56 Å². The van der Waals surface area contributed by atoms with E-state index in [1.807, 2.05) is 6.92 Å². The SMILES string of the molecule is CCOc1cccc2c1NC(=O)C2O. The van der Waals surface area contributed by atoms with Crippen molar-refractivity contribution in [3.05, 3.63) is 23.8 Å². The Kier molecular flexibility index (Phi) is 2.13. The second-order valence-electron chi connectivity index (χ2n) is 3.05. The average molecular weight is 193 g/mol. The van der Waals surface area contributed by atoms with E-state index in [1.54, 1.807) is 18.2 Å². The molecule has 4 heteroatoms. The molecular formula is C10H11NO3. The number of fused-ring (bicyclic) bond motifs is 1. The number of ether oxygens (including phenoxy) is 1. The minimum Gasteiger partial charge on any atom is -0.492 e. The molecule has 1 aromatic carbocycles. The second kappa shape index (κ2) is 3.31. The van der Waals surface area contributed by atoms with Crippen LogP contribution in [0.15, 0.2) is 18.2 Å². The van der Waals surface area contributed by atoms with Crippen LogP contribution in [0.3, 0.4) is 0 Å². The summed E-state index contributed by atoms with van der Waals surface area (Å²) in [7, 11) is 0. The number of benzene rings is 1. The summed E-state index contributed by atoms with van der Waals surface area (Å²) in [6.45, 7) is 2.40. The highest BCUT2D eigenvalue weighted by Crippen LogP contribution is 2.37. The number of nitrogens with one attached hydrogen (secondary N) is 1. The third kappa shape index (κ3) is 1.24. The molecule has 0 aliphatic carbocycles. The van der Waals surface area contributed by atoms with E-state index >= 15 is 0 Å². The van der Waals surface area contributed by atoms with Crippen molar-refractivity contribution in [2.24, 2.45) is 0 Å². The number of anilines is 1. The standard InChI is InChI=1S/C10H11NO3/c1-2-14-7-5-3-4-6-8(7)11-10(13)9(6)12/h3-5,9,12H,2H2,1H3,(H,11,13). The average Bonchev–Trinajstić information content (AvgIpc) is 2.46. The van der Waals surface area contributed by atoms with Crippen LogP contribution in [0.4, 0.5) is 5.69 Å². The summed E-state index contributed by atoms with van der Waals surface area (Å²) in [6.07, 6.45) is -1.06. The lowest BCUT2D eigenvalue weighted by Crippen LogP contribution is -2.10. The van der Waals surface area contributed by atoms with Gasteiger partial charge < -0.3 is 15.2 Å². The first-order valence-electron chi connectivity index (χ1n) is 4.48. The van der Waals surface area contributed by atoms with Crippen LogP contribution >= 0.6 is 0 Å². The Balaban J connectivity index is 2.44. The molecule has 14 heavy (non-hydrogen) atoms. The number of para-hydroxylation sites is 1. The van der Waals surface area contributed by atoms with Crippen molar-refractivity contribution in [2.45, 2.75) is 13.0 Å². The molecule has 1 amide bonds. The maximum absolute atomic E-state index is 11.2. The Morgan fingerprint density at radius 2 is 2.36 bits per heavy atom. The molecule has 1 aliphatic heterocycles. The molecule has 1 atom stereocenters. The molecule has 0 radical (unpaired) electrons. The van der Waals surface area contributed by atoms with E-state index in [2.05, 4.69) is 5.32 Å². The molecule has 1 aliphatic rings. The van der Waals surface area contributed by atoms with E-state index in [-0.39, 0.29) is 0 Å². The van der Waals surface area contributed by atoms with Crippen LogP contribution in [0.2, 0.25) is 0 Å². The lowest BCUT2D eigenvalue weighted by atomic mass is 10.1. The fourth-order valence-corrected chi connectivity index (χ4v) is 1.52. The normalized spacial score (nSPS) is 19.0. The topological polar surface area (TPSA) is 58.6 Å². The first-order valence-corrected chi connectivity index (χ1v) is 4.48. The van der Waals surface area contributed by atoms with Gasteiger partial charge in [0.05, 0.1) is 12.3 Å². The summed E-state index contributed by atoms with van der Waals surface area (Å²) in [5.41, 5.74) is 1.17. The quantitative estimate of drug-likeness (QED) is 0.738. The van der Waals surface area contributed by atoms with Gasteiger partial charge in [0.1, 0.15) is 5.75 Å². The van der Waals surface area contributed by atoms with Crippen molar-refractivity contribution < 1.29 is 14.6 Å². The molecule has 0 saturated carbocycles. The molecule has 0 saturated heterocycles. The summed E-state index contributed by atoms with van der Waals surface area (Å²) in [6, 6.07) is 5.23. The molecule has 1 heterocycles. The van der Waals surface area contributed by atoms with Crippen LogP contribution in [-0.4, -0.2) is 17.6 Å². The fraction of sp³-hybridized carbons (Fsp3) is 0.300. The van der Waals surface area contributed by atoms with Gasteiger partial charge in [-0.1, -0.05) is 12.1 Å². The van der Waals surface area contributed by atoms with E-state index in [9.17, 15) is 9.90 Å². The molecule has 0 bridgehead atoms. The van der Waals surface area contributed by atoms with Crippen LogP contribution in [-0.2, 0) is 4.79 Å². The summed E-state index contributed by atoms with van der Waals surface area (Å²) in [5.74, 6) is 0.210. The molecule has 2 rings (SSSR count). The van der Waals surface area contributed by atoms with Gasteiger partial charge in [0.2, 0.25) is 0 Å². The van der Waals surface area contributed by atoms with Crippen molar-refractivity contribution in [2.75, 3.05) is 11.9 Å². The zero-order valence-corrected chi connectivity index (χ0v) is 7.78. The van der Waals surface area contributed by atoms with Crippen LogP contribution in [0.25, 0.3) is 0 Å². The van der Waals surface area contributed by atoms with Crippen molar-refractivity contribution in [1.82, 2.24) is 0 Å². The number of hydrogen-bond acceptors (Lipinski definition) is 3. The summed E-state index contributed by atoms with van der Waals surface area (Å²) in [5, 5.41) is 12.1. The zero-order chi connectivity index (χ0) is 10.1. The van der Waals surface area contributed by atoms with Crippen LogP contribution in [0.1, 0.15) is 18.6 Å². The highest BCUT2D eigenvalue weighted by molar-refractivity contribution is 6.03. The summed E-state index contributed by atoms with van der Waals surface area (Å²) in [4.78, 5) is 11.2.